The molecule has 0 aromatic heterocycles. The number of halogens is 2. The van der Waals surface area contributed by atoms with Gasteiger partial charge in [0.2, 0.25) is 0 Å². The minimum absolute atomic E-state index is 0.0231. The summed E-state index contributed by atoms with van der Waals surface area (Å²) in [5.74, 6) is -0.156. The molecule has 1 fully saturated rings. The highest BCUT2D eigenvalue weighted by Crippen LogP contribution is 2.28. The SMILES string of the molecule is C[C@H]1CC[C@H](O)C1.Cc1ccc(Nc2cc(F)cc(C)c2C(=O)P)c(F)c1. The van der Waals surface area contributed by atoms with Gasteiger partial charge in [-0.05, 0) is 74.4 Å². The molecule has 2 aromatic carbocycles. The van der Waals surface area contributed by atoms with Crippen LogP contribution in [0, 0.1) is 31.4 Å². The molecule has 0 saturated heterocycles. The number of nitrogens with one attached hydrogen (secondary N) is 1. The van der Waals surface area contributed by atoms with Crippen LogP contribution in [0.1, 0.15) is 47.7 Å². The van der Waals surface area contributed by atoms with Gasteiger partial charge in [-0.1, -0.05) is 22.2 Å². The second-order valence-electron chi connectivity index (χ2n) is 7.19. The van der Waals surface area contributed by atoms with E-state index in [2.05, 4.69) is 12.2 Å². The first-order chi connectivity index (χ1) is 12.7. The van der Waals surface area contributed by atoms with E-state index in [0.717, 1.165) is 24.3 Å². The Morgan fingerprint density at radius 2 is 1.85 bits per heavy atom. The van der Waals surface area contributed by atoms with Gasteiger partial charge in [0.05, 0.1) is 17.5 Å². The minimum atomic E-state index is -0.479. The van der Waals surface area contributed by atoms with Crippen molar-refractivity contribution in [2.75, 3.05) is 5.32 Å². The molecule has 1 aliphatic rings. The maximum Gasteiger partial charge on any atom is 0.180 e. The van der Waals surface area contributed by atoms with Gasteiger partial charge in [0.1, 0.15) is 11.6 Å². The van der Waals surface area contributed by atoms with Crippen molar-refractivity contribution in [1.82, 2.24) is 0 Å². The zero-order valence-electron chi connectivity index (χ0n) is 15.9. The zero-order valence-corrected chi connectivity index (χ0v) is 17.0. The summed E-state index contributed by atoms with van der Waals surface area (Å²) in [4.78, 5) is 11.6. The highest BCUT2D eigenvalue weighted by molar-refractivity contribution is 7.41. The Kier molecular flexibility index (Phi) is 7.46. The molecule has 0 spiro atoms. The lowest BCUT2D eigenvalue weighted by molar-refractivity contribution is 0.108. The van der Waals surface area contributed by atoms with Crippen molar-refractivity contribution >= 4 is 26.1 Å². The molecule has 3 nitrogen and oxygen atoms in total. The third-order valence-corrected chi connectivity index (χ3v) is 4.90. The molecular formula is C21H26F2NO2P. The molecule has 0 amide bonds. The van der Waals surface area contributed by atoms with Crippen molar-refractivity contribution in [1.29, 1.82) is 0 Å². The smallest absolute Gasteiger partial charge is 0.180 e. The van der Waals surface area contributed by atoms with Crippen LogP contribution in [0.5, 0.6) is 0 Å². The molecule has 2 aromatic rings. The number of rotatable bonds is 3. The minimum Gasteiger partial charge on any atom is -0.393 e. The Balaban J connectivity index is 0.000000313. The summed E-state index contributed by atoms with van der Waals surface area (Å²) >= 11 is 0. The van der Waals surface area contributed by atoms with E-state index in [1.165, 1.54) is 24.6 Å². The molecule has 6 heteroatoms. The number of aliphatic hydroxyl groups is 1. The summed E-state index contributed by atoms with van der Waals surface area (Å²) in [7, 11) is 2.05. The van der Waals surface area contributed by atoms with Crippen molar-refractivity contribution in [2.24, 2.45) is 5.92 Å². The lowest BCUT2D eigenvalue weighted by atomic mass is 10.1. The predicted octanol–water partition coefficient (Wildman–Crippen LogP) is 5.51. The molecule has 1 saturated carbocycles. The van der Waals surface area contributed by atoms with E-state index in [4.69, 9.17) is 5.11 Å². The Labute approximate surface area is 161 Å². The summed E-state index contributed by atoms with van der Waals surface area (Å²) in [6.45, 7) is 5.60. The van der Waals surface area contributed by atoms with Crippen molar-refractivity contribution in [3.05, 3.63) is 58.7 Å². The summed E-state index contributed by atoms with van der Waals surface area (Å²) in [6, 6.07) is 7.12. The summed E-state index contributed by atoms with van der Waals surface area (Å²) < 4.78 is 27.3. The van der Waals surface area contributed by atoms with E-state index in [1.807, 2.05) is 9.24 Å². The molecule has 146 valence electrons. The topological polar surface area (TPSA) is 49.3 Å². The first-order valence-electron chi connectivity index (χ1n) is 8.98. The third-order valence-electron chi connectivity index (χ3n) is 4.61. The normalized spacial score (nSPS) is 18.6. The number of carbonyl (C=O) groups excluding carboxylic acids is 1. The lowest BCUT2D eigenvalue weighted by Gasteiger charge is -2.13. The quantitative estimate of drug-likeness (QED) is 0.676. The third kappa shape index (κ3) is 6.08. The average molecular weight is 393 g/mol. The summed E-state index contributed by atoms with van der Waals surface area (Å²) in [5.41, 5.74) is 1.79. The maximum absolute atomic E-state index is 13.8. The van der Waals surface area contributed by atoms with Crippen LogP contribution >= 0.6 is 9.24 Å². The van der Waals surface area contributed by atoms with Gasteiger partial charge in [-0.3, -0.25) is 4.79 Å². The van der Waals surface area contributed by atoms with Crippen molar-refractivity contribution in [3.63, 3.8) is 0 Å². The van der Waals surface area contributed by atoms with Gasteiger partial charge in [-0.2, -0.15) is 0 Å². The van der Waals surface area contributed by atoms with Crippen molar-refractivity contribution in [2.45, 2.75) is 46.1 Å². The zero-order chi connectivity index (χ0) is 20.1. The van der Waals surface area contributed by atoms with E-state index < -0.39 is 11.6 Å². The Hall–Kier alpha value is -1.84. The Morgan fingerprint density at radius 1 is 1.15 bits per heavy atom. The van der Waals surface area contributed by atoms with Crippen LogP contribution < -0.4 is 5.32 Å². The number of aliphatic hydroxyl groups excluding tert-OH is 1. The van der Waals surface area contributed by atoms with Crippen molar-refractivity contribution < 1.29 is 18.7 Å². The Bertz CT molecular complexity index is 818. The second kappa shape index (κ2) is 9.38. The van der Waals surface area contributed by atoms with Crippen LogP contribution in [0.3, 0.4) is 0 Å². The molecule has 0 radical (unpaired) electrons. The van der Waals surface area contributed by atoms with E-state index in [0.29, 0.717) is 11.1 Å². The summed E-state index contributed by atoms with van der Waals surface area (Å²) in [5, 5.41) is 11.7. The summed E-state index contributed by atoms with van der Waals surface area (Å²) in [6.07, 6.45) is 3.30. The van der Waals surface area contributed by atoms with Gasteiger partial charge in [0, 0.05) is 5.56 Å². The molecule has 1 aliphatic carbocycles. The van der Waals surface area contributed by atoms with Gasteiger partial charge >= 0.3 is 0 Å². The molecule has 1 unspecified atom stereocenters. The highest BCUT2D eigenvalue weighted by atomic mass is 31.0. The van der Waals surface area contributed by atoms with Crippen LogP contribution in [-0.4, -0.2) is 16.7 Å². The number of hydrogen-bond donors (Lipinski definition) is 2. The van der Waals surface area contributed by atoms with E-state index in [1.54, 1.807) is 26.0 Å². The lowest BCUT2D eigenvalue weighted by Crippen LogP contribution is -2.03. The predicted molar refractivity (Wildman–Crippen MR) is 109 cm³/mol. The fourth-order valence-corrected chi connectivity index (χ4v) is 3.60. The molecule has 2 N–H and O–H groups in total. The van der Waals surface area contributed by atoms with E-state index in [9.17, 15) is 13.6 Å². The average Bonchev–Trinajstić information content (AvgIpc) is 2.93. The van der Waals surface area contributed by atoms with Gasteiger partial charge in [-0.25, -0.2) is 8.78 Å². The monoisotopic (exact) mass is 393 g/mol. The van der Waals surface area contributed by atoms with Crippen molar-refractivity contribution in [3.8, 4) is 0 Å². The van der Waals surface area contributed by atoms with Crippen LogP contribution in [0.2, 0.25) is 0 Å². The highest BCUT2D eigenvalue weighted by Gasteiger charge is 2.17. The fourth-order valence-electron chi connectivity index (χ4n) is 3.21. The first-order valence-corrected chi connectivity index (χ1v) is 9.56. The molecule has 3 rings (SSSR count). The second-order valence-corrected chi connectivity index (χ2v) is 7.71. The molecular weight excluding hydrogens is 367 g/mol. The van der Waals surface area contributed by atoms with E-state index in [-0.39, 0.29) is 23.0 Å². The largest absolute Gasteiger partial charge is 0.393 e. The van der Waals surface area contributed by atoms with Crippen LogP contribution in [0.4, 0.5) is 20.2 Å². The fraction of sp³-hybridized carbons (Fsp3) is 0.381. The first kappa shape index (κ1) is 21.5. The number of benzene rings is 2. The van der Waals surface area contributed by atoms with Gasteiger partial charge in [-0.15, -0.1) is 0 Å². The van der Waals surface area contributed by atoms with Crippen LogP contribution in [0.15, 0.2) is 30.3 Å². The van der Waals surface area contributed by atoms with Gasteiger partial charge < -0.3 is 10.4 Å². The number of carbonyl (C=O) groups is 1. The number of hydrogen-bond acceptors (Lipinski definition) is 3. The number of anilines is 2. The molecule has 0 aliphatic heterocycles. The maximum atomic E-state index is 13.8. The molecule has 0 bridgehead atoms. The van der Waals surface area contributed by atoms with Crippen LogP contribution in [-0.2, 0) is 0 Å². The van der Waals surface area contributed by atoms with Gasteiger partial charge in [0.15, 0.2) is 5.52 Å². The molecule has 0 heterocycles. The van der Waals surface area contributed by atoms with Crippen LogP contribution in [0.25, 0.3) is 0 Å². The molecule has 3 atom stereocenters. The molecule has 27 heavy (non-hydrogen) atoms. The van der Waals surface area contributed by atoms with Gasteiger partial charge in [0.25, 0.3) is 0 Å². The Morgan fingerprint density at radius 3 is 2.33 bits per heavy atom. The van der Waals surface area contributed by atoms with E-state index >= 15 is 0 Å². The standard InChI is InChI=1S/C15H14F2NOP.C6H12O/c1-8-3-4-12(11(17)5-8)18-13-7-10(16)6-9(2)14(13)15(19)20;1-5-2-3-6(7)4-5/h3-7,18H,20H2,1-2H3;5-7H,2-4H2,1H3/t;5-,6-/m.0/s1. The number of aryl methyl sites for hydroxylation is 2.